The number of ether oxygens (including phenoxy) is 2. The van der Waals surface area contributed by atoms with Crippen molar-refractivity contribution in [1.82, 2.24) is 10.2 Å². The molecule has 0 spiro atoms. The van der Waals surface area contributed by atoms with Gasteiger partial charge < -0.3 is 14.8 Å². The molecule has 0 saturated carbocycles. The molecule has 1 aromatic carbocycles. The molecule has 6 heteroatoms. The van der Waals surface area contributed by atoms with Crippen LogP contribution in [0.2, 0.25) is 0 Å². The molecule has 118 valence electrons. The van der Waals surface area contributed by atoms with E-state index >= 15 is 0 Å². The number of nitrogens with one attached hydrogen (secondary N) is 1. The van der Waals surface area contributed by atoms with Gasteiger partial charge in [-0.1, -0.05) is 6.07 Å². The van der Waals surface area contributed by atoms with Gasteiger partial charge in [0.2, 0.25) is 0 Å². The van der Waals surface area contributed by atoms with Crippen molar-refractivity contribution in [2.24, 2.45) is 0 Å². The summed E-state index contributed by atoms with van der Waals surface area (Å²) in [6, 6.07) is 6.11. The second kappa shape index (κ2) is 7.82. The van der Waals surface area contributed by atoms with E-state index in [4.69, 9.17) is 9.47 Å². The Labute approximate surface area is 131 Å². The molecule has 1 atom stereocenters. The van der Waals surface area contributed by atoms with Gasteiger partial charge in [0, 0.05) is 32.2 Å². The van der Waals surface area contributed by atoms with Crippen molar-refractivity contribution in [3.05, 3.63) is 23.8 Å². The Kier molecular flexibility index (Phi) is 6.08. The minimum absolute atomic E-state index is 0. The molecule has 0 radical (unpaired) electrons. The molecule has 2 aliphatic heterocycles. The van der Waals surface area contributed by atoms with Crippen LogP contribution >= 0.6 is 12.4 Å². The number of fused-ring (bicyclic) bond motifs is 1. The maximum Gasteiger partial charge on any atom is 0.161 e. The molecule has 1 fully saturated rings. The molecule has 2 aliphatic rings. The molecular weight excluding hydrogens is 295 g/mol. The highest BCUT2D eigenvalue weighted by atomic mass is 35.5. The van der Waals surface area contributed by atoms with E-state index < -0.39 is 0 Å². The molecule has 2 heterocycles. The highest BCUT2D eigenvalue weighted by Crippen LogP contribution is 2.35. The molecule has 0 aliphatic carbocycles. The summed E-state index contributed by atoms with van der Waals surface area (Å²) in [6.07, 6.45) is 0.527. The Morgan fingerprint density at radius 2 is 1.86 bits per heavy atom. The van der Waals surface area contributed by atoms with E-state index in [0.29, 0.717) is 19.6 Å². The molecule has 0 unspecified atom stereocenters. The predicted octanol–water partition coefficient (Wildman–Crippen LogP) is 2.19. The number of hydrogen-bond donors (Lipinski definition) is 1. The predicted molar refractivity (Wildman–Crippen MR) is 82.5 cm³/mol. The van der Waals surface area contributed by atoms with Crippen LogP contribution in [0.3, 0.4) is 0 Å². The zero-order valence-corrected chi connectivity index (χ0v) is 12.8. The summed E-state index contributed by atoms with van der Waals surface area (Å²) in [4.78, 5) is 2.35. The zero-order chi connectivity index (χ0) is 13.8. The largest absolute Gasteiger partial charge is 0.486 e. The van der Waals surface area contributed by atoms with Crippen LogP contribution in [0.25, 0.3) is 0 Å². The van der Waals surface area contributed by atoms with Crippen LogP contribution in [0, 0.1) is 0 Å². The van der Waals surface area contributed by atoms with Crippen LogP contribution in [0.5, 0.6) is 11.5 Å². The number of alkyl halides is 1. The van der Waals surface area contributed by atoms with Crippen molar-refractivity contribution in [3.63, 3.8) is 0 Å². The molecular formula is C15H22ClFN2O2. The number of hydrogen-bond acceptors (Lipinski definition) is 4. The zero-order valence-electron chi connectivity index (χ0n) is 12.0. The number of halogens is 2. The topological polar surface area (TPSA) is 33.7 Å². The lowest BCUT2D eigenvalue weighted by molar-refractivity contribution is 0.154. The fourth-order valence-corrected chi connectivity index (χ4v) is 2.92. The number of rotatable bonds is 4. The first-order valence-corrected chi connectivity index (χ1v) is 7.29. The molecule has 1 saturated heterocycles. The quantitative estimate of drug-likeness (QED) is 0.923. The van der Waals surface area contributed by atoms with Gasteiger partial charge in [-0.05, 0) is 24.1 Å². The lowest BCUT2D eigenvalue weighted by atomic mass is 10.0. The van der Waals surface area contributed by atoms with E-state index in [1.165, 1.54) is 0 Å². The van der Waals surface area contributed by atoms with Crippen molar-refractivity contribution in [3.8, 4) is 11.5 Å². The lowest BCUT2D eigenvalue weighted by Crippen LogP contribution is -2.45. The maximum absolute atomic E-state index is 12.9. The van der Waals surface area contributed by atoms with Gasteiger partial charge in [-0.25, -0.2) is 0 Å². The fraction of sp³-hybridized carbons (Fsp3) is 0.600. The first-order chi connectivity index (χ1) is 9.88. The van der Waals surface area contributed by atoms with Gasteiger partial charge in [0.1, 0.15) is 13.2 Å². The third-order valence-electron chi connectivity index (χ3n) is 3.93. The molecule has 0 aromatic heterocycles. The lowest BCUT2D eigenvalue weighted by Gasteiger charge is -2.35. The van der Waals surface area contributed by atoms with E-state index in [2.05, 4.69) is 10.2 Å². The smallest absolute Gasteiger partial charge is 0.161 e. The fourth-order valence-electron chi connectivity index (χ4n) is 2.92. The van der Waals surface area contributed by atoms with E-state index in [9.17, 15) is 4.39 Å². The standard InChI is InChI=1S/C15H21FN2O2.ClH/c16-4-3-13(18-7-5-17-6-8-18)12-1-2-14-15(11-12)20-10-9-19-14;/h1-2,11,13,17H,3-10H2;1H/t13-;/m1./s1. The third-order valence-corrected chi connectivity index (χ3v) is 3.93. The van der Waals surface area contributed by atoms with Crippen LogP contribution in [-0.2, 0) is 0 Å². The molecule has 0 bridgehead atoms. The molecule has 1 N–H and O–H groups in total. The van der Waals surface area contributed by atoms with Crippen molar-refractivity contribution >= 4 is 12.4 Å². The van der Waals surface area contributed by atoms with Crippen molar-refractivity contribution in [2.45, 2.75) is 12.5 Å². The molecule has 0 amide bonds. The number of piperazine rings is 1. The van der Waals surface area contributed by atoms with E-state index in [1.807, 2.05) is 18.2 Å². The Balaban J connectivity index is 0.00000161. The summed E-state index contributed by atoms with van der Waals surface area (Å²) in [5.74, 6) is 1.58. The highest BCUT2D eigenvalue weighted by Gasteiger charge is 2.23. The summed E-state index contributed by atoms with van der Waals surface area (Å²) in [5.41, 5.74) is 1.12. The molecule has 21 heavy (non-hydrogen) atoms. The first kappa shape index (κ1) is 16.3. The average molecular weight is 317 g/mol. The maximum atomic E-state index is 12.9. The van der Waals surface area contributed by atoms with Gasteiger partial charge in [0.15, 0.2) is 11.5 Å². The van der Waals surface area contributed by atoms with Gasteiger partial charge in [-0.3, -0.25) is 9.29 Å². The molecule has 1 aromatic rings. The van der Waals surface area contributed by atoms with Gasteiger partial charge in [0.25, 0.3) is 0 Å². The van der Waals surface area contributed by atoms with E-state index in [1.54, 1.807) is 0 Å². The van der Waals surface area contributed by atoms with Crippen LogP contribution in [-0.4, -0.2) is 51.0 Å². The van der Waals surface area contributed by atoms with E-state index in [-0.39, 0.29) is 25.1 Å². The van der Waals surface area contributed by atoms with Crippen LogP contribution < -0.4 is 14.8 Å². The Hall–Kier alpha value is -1.04. The highest BCUT2D eigenvalue weighted by molar-refractivity contribution is 5.85. The summed E-state index contributed by atoms with van der Waals surface area (Å²) in [7, 11) is 0. The van der Waals surface area contributed by atoms with Crippen molar-refractivity contribution < 1.29 is 13.9 Å². The summed E-state index contributed by atoms with van der Waals surface area (Å²) >= 11 is 0. The second-order valence-electron chi connectivity index (χ2n) is 5.18. The van der Waals surface area contributed by atoms with Gasteiger partial charge in [-0.15, -0.1) is 12.4 Å². The molecule has 3 rings (SSSR count). The van der Waals surface area contributed by atoms with E-state index in [0.717, 1.165) is 43.2 Å². The monoisotopic (exact) mass is 316 g/mol. The summed E-state index contributed by atoms with van der Waals surface area (Å²) < 4.78 is 24.1. The van der Waals surface area contributed by atoms with Crippen LogP contribution in [0.15, 0.2) is 18.2 Å². The van der Waals surface area contributed by atoms with Crippen LogP contribution in [0.1, 0.15) is 18.0 Å². The molecule has 4 nitrogen and oxygen atoms in total. The Morgan fingerprint density at radius 1 is 1.14 bits per heavy atom. The minimum Gasteiger partial charge on any atom is -0.486 e. The summed E-state index contributed by atoms with van der Waals surface area (Å²) in [5, 5.41) is 3.33. The van der Waals surface area contributed by atoms with Crippen molar-refractivity contribution in [1.29, 1.82) is 0 Å². The number of nitrogens with zero attached hydrogens (tertiary/aromatic N) is 1. The third kappa shape index (κ3) is 3.78. The summed E-state index contributed by atoms with van der Waals surface area (Å²) in [6.45, 7) is 4.72. The minimum atomic E-state index is -0.303. The average Bonchev–Trinajstić information content (AvgIpc) is 2.53. The van der Waals surface area contributed by atoms with Crippen LogP contribution in [0.4, 0.5) is 4.39 Å². The van der Waals surface area contributed by atoms with Gasteiger partial charge >= 0.3 is 0 Å². The Morgan fingerprint density at radius 3 is 2.57 bits per heavy atom. The normalized spacial score (nSPS) is 19.7. The Bertz CT molecular complexity index is 455. The second-order valence-corrected chi connectivity index (χ2v) is 5.18. The van der Waals surface area contributed by atoms with Gasteiger partial charge in [-0.2, -0.15) is 0 Å². The SMILES string of the molecule is Cl.FCC[C@H](c1ccc2c(c1)OCCO2)N1CCNCC1. The van der Waals surface area contributed by atoms with Gasteiger partial charge in [0.05, 0.1) is 6.67 Å². The first-order valence-electron chi connectivity index (χ1n) is 7.29. The van der Waals surface area contributed by atoms with Crippen molar-refractivity contribution in [2.75, 3.05) is 46.1 Å². The number of benzene rings is 1.